The molecule has 78 valence electrons. The highest BCUT2D eigenvalue weighted by molar-refractivity contribution is 7.89. The first-order chi connectivity index (χ1) is 5.52. The highest BCUT2D eigenvalue weighted by Gasteiger charge is 2.51. The second kappa shape index (κ2) is 3.30. The minimum atomic E-state index is -4.75. The lowest BCUT2D eigenvalue weighted by atomic mass is 10.1. The van der Waals surface area contributed by atoms with Gasteiger partial charge in [0.15, 0.2) is 5.60 Å². The zero-order valence-electron chi connectivity index (χ0n) is 7.05. The molecule has 0 aliphatic carbocycles. The fourth-order valence-corrected chi connectivity index (χ4v) is 1.11. The Morgan fingerprint density at radius 2 is 1.69 bits per heavy atom. The quantitative estimate of drug-likeness (QED) is 0.678. The van der Waals surface area contributed by atoms with Gasteiger partial charge in [0.1, 0.15) is 0 Å². The van der Waals surface area contributed by atoms with Crippen LogP contribution < -0.4 is 0 Å². The summed E-state index contributed by atoms with van der Waals surface area (Å²) in [6.45, 7) is 4.06. The van der Waals surface area contributed by atoms with Crippen molar-refractivity contribution in [2.24, 2.45) is 0 Å². The average molecular weight is 218 g/mol. The second-order valence-corrected chi connectivity index (χ2v) is 4.24. The van der Waals surface area contributed by atoms with E-state index in [1.54, 1.807) is 0 Å². The first-order valence-corrected chi connectivity index (χ1v) is 4.64. The molecular formula is C6H9F3O3S. The van der Waals surface area contributed by atoms with Gasteiger partial charge in [-0.3, -0.25) is 4.18 Å². The Morgan fingerprint density at radius 3 is 1.92 bits per heavy atom. The third-order valence-corrected chi connectivity index (χ3v) is 2.27. The minimum Gasteiger partial charge on any atom is -0.251 e. The number of hydrogen-bond donors (Lipinski definition) is 0. The summed E-state index contributed by atoms with van der Waals surface area (Å²) in [5, 5.41) is 0.320. The Kier molecular flexibility index (Phi) is 3.16. The molecule has 0 unspecified atom stereocenters. The summed E-state index contributed by atoms with van der Waals surface area (Å²) >= 11 is 0. The Labute approximate surface area is 74.3 Å². The first kappa shape index (κ1) is 12.4. The van der Waals surface area contributed by atoms with Crippen molar-refractivity contribution < 1.29 is 25.8 Å². The summed E-state index contributed by atoms with van der Waals surface area (Å²) in [4.78, 5) is 0. The summed E-state index contributed by atoms with van der Waals surface area (Å²) in [5.41, 5.74) is -2.74. The Morgan fingerprint density at radius 1 is 1.31 bits per heavy atom. The third-order valence-electron chi connectivity index (χ3n) is 1.21. The highest BCUT2D eigenvalue weighted by atomic mass is 32.2. The lowest BCUT2D eigenvalue weighted by Gasteiger charge is -2.25. The fourth-order valence-electron chi connectivity index (χ4n) is 0.372. The molecule has 7 heteroatoms. The maximum absolute atomic E-state index is 12.1. The van der Waals surface area contributed by atoms with E-state index in [1.807, 2.05) is 0 Å². The number of hydrogen-bond acceptors (Lipinski definition) is 3. The molecule has 0 spiro atoms. The van der Waals surface area contributed by atoms with Crippen LogP contribution in [0.5, 0.6) is 0 Å². The molecule has 0 saturated carbocycles. The largest absolute Gasteiger partial charge is 0.418 e. The molecule has 0 rings (SSSR count). The summed E-state index contributed by atoms with van der Waals surface area (Å²) in [5.74, 6) is 0. The van der Waals surface area contributed by atoms with E-state index in [9.17, 15) is 21.6 Å². The average Bonchev–Trinajstić information content (AvgIpc) is 1.83. The molecule has 0 aromatic heterocycles. The topological polar surface area (TPSA) is 43.4 Å². The lowest BCUT2D eigenvalue weighted by Crippen LogP contribution is -2.43. The molecule has 0 aromatic rings. The molecule has 0 aromatic carbocycles. The number of halogens is 3. The van der Waals surface area contributed by atoms with E-state index in [1.165, 1.54) is 0 Å². The maximum Gasteiger partial charge on any atom is 0.418 e. The SMILES string of the molecule is C=CS(=O)(=O)OC(C)(C)C(F)(F)F. The zero-order chi connectivity index (χ0) is 10.9. The van der Waals surface area contributed by atoms with Crippen LogP contribution in [0, 0.1) is 0 Å². The van der Waals surface area contributed by atoms with Crippen LogP contribution in [0.15, 0.2) is 12.0 Å². The molecule has 0 amide bonds. The zero-order valence-corrected chi connectivity index (χ0v) is 7.87. The van der Waals surface area contributed by atoms with E-state index in [4.69, 9.17) is 0 Å². The van der Waals surface area contributed by atoms with E-state index in [-0.39, 0.29) is 0 Å². The number of rotatable bonds is 3. The molecule has 0 heterocycles. The summed E-state index contributed by atoms with van der Waals surface area (Å²) < 4.78 is 61.3. The first-order valence-electron chi connectivity index (χ1n) is 3.17. The molecule has 0 N–H and O–H groups in total. The van der Waals surface area contributed by atoms with Gasteiger partial charge in [0.2, 0.25) is 0 Å². The van der Waals surface area contributed by atoms with Crippen LogP contribution >= 0.6 is 0 Å². The standard InChI is InChI=1S/C6H9F3O3S/c1-4-13(10,11)12-5(2,3)6(7,8)9/h4H,1H2,2-3H3. The predicted molar refractivity (Wildman–Crippen MR) is 40.3 cm³/mol. The van der Waals surface area contributed by atoms with Crippen LogP contribution in [0.25, 0.3) is 0 Å². The van der Waals surface area contributed by atoms with Gasteiger partial charge in [-0.05, 0) is 13.8 Å². The molecule has 13 heavy (non-hydrogen) atoms. The van der Waals surface area contributed by atoms with Crippen LogP contribution in [0.1, 0.15) is 13.8 Å². The van der Waals surface area contributed by atoms with Gasteiger partial charge >= 0.3 is 6.18 Å². The van der Waals surface area contributed by atoms with Crippen molar-refractivity contribution in [1.29, 1.82) is 0 Å². The molecule has 0 aliphatic rings. The molecule has 3 nitrogen and oxygen atoms in total. The van der Waals surface area contributed by atoms with Crippen molar-refractivity contribution in [3.63, 3.8) is 0 Å². The van der Waals surface area contributed by atoms with Crippen LogP contribution in [-0.4, -0.2) is 20.2 Å². The normalized spacial score (nSPS) is 14.2. The lowest BCUT2D eigenvalue weighted by molar-refractivity contribution is -0.232. The summed E-state index contributed by atoms with van der Waals surface area (Å²) in [6.07, 6.45) is -4.75. The van der Waals surface area contributed by atoms with Crippen molar-refractivity contribution in [2.45, 2.75) is 25.6 Å². The van der Waals surface area contributed by atoms with Gasteiger partial charge in [-0.15, -0.1) is 0 Å². The van der Waals surface area contributed by atoms with Crippen LogP contribution in [0.3, 0.4) is 0 Å². The van der Waals surface area contributed by atoms with Crippen LogP contribution in [0.4, 0.5) is 13.2 Å². The van der Waals surface area contributed by atoms with Gasteiger partial charge in [0, 0.05) is 0 Å². The molecule has 0 radical (unpaired) electrons. The maximum atomic E-state index is 12.1. The van der Waals surface area contributed by atoms with Crippen molar-refractivity contribution in [3.8, 4) is 0 Å². The van der Waals surface area contributed by atoms with E-state index in [0.717, 1.165) is 0 Å². The van der Waals surface area contributed by atoms with Crippen LogP contribution in [-0.2, 0) is 14.3 Å². The van der Waals surface area contributed by atoms with Crippen molar-refractivity contribution >= 4 is 10.1 Å². The fraction of sp³-hybridized carbons (Fsp3) is 0.667. The molecule has 0 fully saturated rings. The second-order valence-electron chi connectivity index (χ2n) is 2.75. The Hall–Kier alpha value is -0.560. The molecule has 0 atom stereocenters. The third kappa shape index (κ3) is 3.35. The predicted octanol–water partition coefficient (Wildman–Crippen LogP) is 1.82. The van der Waals surface area contributed by atoms with E-state index in [2.05, 4.69) is 10.8 Å². The molecule has 0 bridgehead atoms. The highest BCUT2D eigenvalue weighted by Crippen LogP contribution is 2.34. The van der Waals surface area contributed by atoms with Gasteiger partial charge in [-0.25, -0.2) is 0 Å². The van der Waals surface area contributed by atoms with Gasteiger partial charge in [-0.2, -0.15) is 21.6 Å². The molecule has 0 saturated heterocycles. The van der Waals surface area contributed by atoms with Crippen molar-refractivity contribution in [2.75, 3.05) is 0 Å². The smallest absolute Gasteiger partial charge is 0.251 e. The Balaban J connectivity index is 4.82. The van der Waals surface area contributed by atoms with Gasteiger partial charge < -0.3 is 0 Å². The van der Waals surface area contributed by atoms with E-state index in [0.29, 0.717) is 19.3 Å². The minimum absolute atomic E-state index is 0.320. The monoisotopic (exact) mass is 218 g/mol. The molecular weight excluding hydrogens is 209 g/mol. The van der Waals surface area contributed by atoms with Gasteiger partial charge in [-0.1, -0.05) is 6.58 Å². The number of alkyl halides is 3. The van der Waals surface area contributed by atoms with Crippen LogP contribution in [0.2, 0.25) is 0 Å². The summed E-state index contributed by atoms with van der Waals surface area (Å²) in [7, 11) is -4.32. The molecule has 0 aliphatic heterocycles. The summed E-state index contributed by atoms with van der Waals surface area (Å²) in [6, 6.07) is 0. The Bertz CT molecular complexity index is 289. The van der Waals surface area contributed by atoms with Gasteiger partial charge in [0.25, 0.3) is 10.1 Å². The van der Waals surface area contributed by atoms with Crippen molar-refractivity contribution in [1.82, 2.24) is 0 Å². The van der Waals surface area contributed by atoms with Gasteiger partial charge in [0.05, 0.1) is 5.41 Å². The van der Waals surface area contributed by atoms with Crippen molar-refractivity contribution in [3.05, 3.63) is 12.0 Å². The van der Waals surface area contributed by atoms with E-state index >= 15 is 0 Å². The van der Waals surface area contributed by atoms with E-state index < -0.39 is 21.9 Å².